The highest BCUT2D eigenvalue weighted by molar-refractivity contribution is 7.09. The van der Waals surface area contributed by atoms with E-state index >= 15 is 0 Å². The van der Waals surface area contributed by atoms with E-state index in [0.29, 0.717) is 5.69 Å². The highest BCUT2D eigenvalue weighted by atomic mass is 32.1. The number of nitrogens with zero attached hydrogens (tertiary/aromatic N) is 3. The Hall–Kier alpha value is -1.69. The first-order valence-corrected chi connectivity index (χ1v) is 8.60. The molecular formula is C16H22N4OS. The molecule has 1 N–H and O–H groups in total. The fourth-order valence-electron chi connectivity index (χ4n) is 2.74. The number of rotatable bonds is 2. The summed E-state index contributed by atoms with van der Waals surface area (Å²) in [7, 11) is 0. The van der Waals surface area contributed by atoms with Gasteiger partial charge in [0.1, 0.15) is 10.7 Å². The zero-order valence-electron chi connectivity index (χ0n) is 13.3. The van der Waals surface area contributed by atoms with Gasteiger partial charge in [0, 0.05) is 17.3 Å². The van der Waals surface area contributed by atoms with Crippen molar-refractivity contribution in [1.82, 2.24) is 19.9 Å². The molecule has 0 unspecified atom stereocenters. The van der Waals surface area contributed by atoms with Crippen molar-refractivity contribution in [2.75, 3.05) is 6.54 Å². The van der Waals surface area contributed by atoms with Gasteiger partial charge in [-0.3, -0.25) is 4.79 Å². The van der Waals surface area contributed by atoms with Crippen molar-refractivity contribution in [2.24, 2.45) is 0 Å². The Labute approximate surface area is 134 Å². The molecule has 0 aromatic carbocycles. The smallest absolute Gasteiger partial charge is 0.272 e. The van der Waals surface area contributed by atoms with Gasteiger partial charge in [0.25, 0.3) is 5.91 Å². The van der Waals surface area contributed by atoms with E-state index in [4.69, 9.17) is 4.98 Å². The van der Waals surface area contributed by atoms with Crippen LogP contribution in [0.25, 0.3) is 0 Å². The maximum absolute atomic E-state index is 12.7. The van der Waals surface area contributed by atoms with Crippen LogP contribution in [-0.4, -0.2) is 32.3 Å². The number of carbonyl (C=O) groups excluding carboxylic acids is 1. The Kier molecular flexibility index (Phi) is 4.04. The van der Waals surface area contributed by atoms with Gasteiger partial charge in [-0.2, -0.15) is 0 Å². The van der Waals surface area contributed by atoms with Gasteiger partial charge in [0.15, 0.2) is 0 Å². The second-order valence-electron chi connectivity index (χ2n) is 6.80. The van der Waals surface area contributed by atoms with Gasteiger partial charge in [-0.05, 0) is 19.3 Å². The highest BCUT2D eigenvalue weighted by Crippen LogP contribution is 2.35. The van der Waals surface area contributed by atoms with Crippen LogP contribution in [0.5, 0.6) is 0 Å². The zero-order valence-corrected chi connectivity index (χ0v) is 14.1. The number of imidazole rings is 1. The lowest BCUT2D eigenvalue weighted by Crippen LogP contribution is -2.38. The minimum absolute atomic E-state index is 0.0229. The molecule has 1 atom stereocenters. The Morgan fingerprint density at radius 3 is 2.86 bits per heavy atom. The third-order valence-corrected chi connectivity index (χ3v) is 5.01. The van der Waals surface area contributed by atoms with Crippen molar-refractivity contribution in [3.05, 3.63) is 34.3 Å². The molecular weight excluding hydrogens is 296 g/mol. The van der Waals surface area contributed by atoms with Crippen LogP contribution in [-0.2, 0) is 5.41 Å². The largest absolute Gasteiger partial charge is 0.341 e. The Balaban J connectivity index is 1.87. The summed E-state index contributed by atoms with van der Waals surface area (Å²) in [5.41, 5.74) is 1.70. The number of nitrogens with one attached hydrogen (secondary N) is 1. The number of likely N-dealkylation sites (tertiary alicyclic amines) is 1. The van der Waals surface area contributed by atoms with Gasteiger partial charge in [-0.1, -0.05) is 20.8 Å². The fourth-order valence-corrected chi connectivity index (χ4v) is 3.94. The van der Waals surface area contributed by atoms with Crippen LogP contribution in [0.2, 0.25) is 0 Å². The Morgan fingerprint density at radius 1 is 1.41 bits per heavy atom. The highest BCUT2D eigenvalue weighted by Gasteiger charge is 2.32. The van der Waals surface area contributed by atoms with Crippen LogP contribution >= 0.6 is 11.3 Å². The predicted octanol–water partition coefficient (Wildman–Crippen LogP) is 3.53. The molecule has 2 aromatic rings. The molecule has 3 rings (SSSR count). The molecule has 0 aliphatic carbocycles. The van der Waals surface area contributed by atoms with Crippen molar-refractivity contribution in [3.8, 4) is 0 Å². The van der Waals surface area contributed by atoms with Crippen molar-refractivity contribution in [1.29, 1.82) is 0 Å². The van der Waals surface area contributed by atoms with Gasteiger partial charge in [-0.25, -0.2) is 9.97 Å². The number of carbonyl (C=O) groups is 1. The first-order valence-electron chi connectivity index (χ1n) is 7.72. The average molecular weight is 318 g/mol. The molecule has 0 spiro atoms. The number of hydrogen-bond acceptors (Lipinski definition) is 4. The number of aromatic amines is 1. The van der Waals surface area contributed by atoms with Crippen molar-refractivity contribution < 1.29 is 4.79 Å². The summed E-state index contributed by atoms with van der Waals surface area (Å²) in [4.78, 5) is 26.3. The topological polar surface area (TPSA) is 61.9 Å². The van der Waals surface area contributed by atoms with Crippen molar-refractivity contribution in [3.63, 3.8) is 0 Å². The number of hydrogen-bond donors (Lipinski definition) is 1. The molecule has 0 radical (unpaired) electrons. The molecule has 1 aliphatic rings. The molecule has 1 aliphatic heterocycles. The van der Waals surface area contributed by atoms with Crippen LogP contribution in [0.15, 0.2) is 17.9 Å². The normalized spacial score (nSPS) is 19.4. The SMILES string of the molecule is CC(C)(C)c1csc([C@@H]2CCCCN2C(=O)c2cnc[nH]2)n1. The minimum Gasteiger partial charge on any atom is -0.341 e. The third kappa shape index (κ3) is 2.92. The predicted molar refractivity (Wildman–Crippen MR) is 87.0 cm³/mol. The summed E-state index contributed by atoms with van der Waals surface area (Å²) in [5, 5.41) is 3.18. The van der Waals surface area contributed by atoms with E-state index in [0.717, 1.165) is 36.5 Å². The quantitative estimate of drug-likeness (QED) is 0.921. The molecule has 0 saturated carbocycles. The summed E-state index contributed by atoms with van der Waals surface area (Å²) in [6.07, 6.45) is 6.32. The van der Waals surface area contributed by atoms with Gasteiger partial charge < -0.3 is 9.88 Å². The van der Waals surface area contributed by atoms with Gasteiger partial charge in [0.05, 0.1) is 24.3 Å². The van der Waals surface area contributed by atoms with Crippen LogP contribution < -0.4 is 0 Å². The molecule has 118 valence electrons. The lowest BCUT2D eigenvalue weighted by molar-refractivity contribution is 0.0605. The summed E-state index contributed by atoms with van der Waals surface area (Å²) >= 11 is 1.67. The molecule has 1 saturated heterocycles. The molecule has 6 heteroatoms. The second kappa shape index (κ2) is 5.83. The van der Waals surface area contributed by atoms with E-state index in [-0.39, 0.29) is 17.4 Å². The van der Waals surface area contributed by atoms with Gasteiger partial charge >= 0.3 is 0 Å². The number of H-pyrrole nitrogens is 1. The van der Waals surface area contributed by atoms with E-state index in [1.165, 1.54) is 0 Å². The first kappa shape index (κ1) is 15.2. The summed E-state index contributed by atoms with van der Waals surface area (Å²) in [5.74, 6) is 0.0229. The Bertz CT molecular complexity index is 641. The lowest BCUT2D eigenvalue weighted by Gasteiger charge is -2.34. The van der Waals surface area contributed by atoms with Crippen molar-refractivity contribution >= 4 is 17.2 Å². The van der Waals surface area contributed by atoms with Crippen LogP contribution in [0.1, 0.15) is 67.3 Å². The molecule has 1 fully saturated rings. The van der Waals surface area contributed by atoms with E-state index < -0.39 is 0 Å². The Morgan fingerprint density at radius 2 is 2.23 bits per heavy atom. The second-order valence-corrected chi connectivity index (χ2v) is 7.69. The third-order valence-electron chi connectivity index (χ3n) is 4.07. The van der Waals surface area contributed by atoms with E-state index in [9.17, 15) is 4.79 Å². The molecule has 1 amide bonds. The van der Waals surface area contributed by atoms with Gasteiger partial charge in [0.2, 0.25) is 0 Å². The molecule has 22 heavy (non-hydrogen) atoms. The summed E-state index contributed by atoms with van der Waals surface area (Å²) in [6.45, 7) is 7.29. The van der Waals surface area contributed by atoms with E-state index in [1.54, 1.807) is 23.9 Å². The molecule has 3 heterocycles. The van der Waals surface area contributed by atoms with Crippen LogP contribution in [0.4, 0.5) is 0 Å². The standard InChI is InChI=1S/C16H22N4OS/c1-16(2,3)13-9-22-14(19-13)12-6-4-5-7-20(12)15(21)11-8-17-10-18-11/h8-10,12H,4-7H2,1-3H3,(H,17,18)/t12-/m0/s1. The summed E-state index contributed by atoms with van der Waals surface area (Å²) < 4.78 is 0. The monoisotopic (exact) mass is 318 g/mol. The fraction of sp³-hybridized carbons (Fsp3) is 0.562. The van der Waals surface area contributed by atoms with Crippen molar-refractivity contribution in [2.45, 2.75) is 51.5 Å². The average Bonchev–Trinajstić information content (AvgIpc) is 3.17. The lowest BCUT2D eigenvalue weighted by atomic mass is 9.93. The van der Waals surface area contributed by atoms with Crippen LogP contribution in [0, 0.1) is 0 Å². The zero-order chi connectivity index (χ0) is 15.7. The minimum atomic E-state index is 0.0229. The molecule has 2 aromatic heterocycles. The van der Waals surface area contributed by atoms with E-state index in [2.05, 4.69) is 36.1 Å². The molecule has 5 nitrogen and oxygen atoms in total. The molecule has 0 bridgehead atoms. The number of amides is 1. The number of thiazole rings is 1. The van der Waals surface area contributed by atoms with Crippen LogP contribution in [0.3, 0.4) is 0 Å². The van der Waals surface area contributed by atoms with E-state index in [1.807, 2.05) is 4.90 Å². The first-order chi connectivity index (χ1) is 10.5. The number of aromatic nitrogens is 3. The van der Waals surface area contributed by atoms with Gasteiger partial charge in [-0.15, -0.1) is 11.3 Å². The summed E-state index contributed by atoms with van der Waals surface area (Å²) in [6, 6.07) is 0.0886. The number of piperidine rings is 1. The maximum Gasteiger partial charge on any atom is 0.272 e. The maximum atomic E-state index is 12.7.